The second-order valence-electron chi connectivity index (χ2n) is 7.14. The molecule has 0 saturated carbocycles. The Morgan fingerprint density at radius 2 is 1.45 bits per heavy atom. The van der Waals surface area contributed by atoms with Crippen LogP contribution in [0, 0.1) is 3.57 Å². The maximum absolute atomic E-state index is 11.8. The SMILES string of the molecule is O=C1NCCn2cc(I)c3cccc1c32.O=C1NCCn2ccc3cccc1c32. The molecule has 0 radical (unpaired) electrons. The molecule has 2 amide bonds. The Kier molecular flexibility index (Phi) is 4.54. The van der Waals surface area contributed by atoms with Crippen molar-refractivity contribution in [3.05, 3.63) is 69.6 Å². The first-order valence-corrected chi connectivity index (χ1v) is 10.6. The molecule has 2 aromatic heterocycles. The van der Waals surface area contributed by atoms with Crippen molar-refractivity contribution >= 4 is 56.2 Å². The average Bonchev–Trinajstić information content (AvgIpc) is 3.18. The van der Waals surface area contributed by atoms with E-state index < -0.39 is 0 Å². The number of carbonyl (C=O) groups is 2. The van der Waals surface area contributed by atoms with Gasteiger partial charge in [-0.05, 0) is 40.8 Å². The smallest absolute Gasteiger partial charge is 0.253 e. The highest BCUT2D eigenvalue weighted by atomic mass is 127. The monoisotopic (exact) mass is 498 g/mol. The number of carbonyl (C=O) groups excluding carboxylic acids is 2. The molecule has 2 N–H and O–H groups in total. The van der Waals surface area contributed by atoms with Crippen LogP contribution in [0.4, 0.5) is 0 Å². The minimum Gasteiger partial charge on any atom is -0.350 e. The van der Waals surface area contributed by atoms with Crippen molar-refractivity contribution in [2.75, 3.05) is 13.1 Å². The molecule has 4 aromatic rings. The molecule has 0 saturated heterocycles. The third-order valence-electron chi connectivity index (χ3n) is 5.40. The number of hydrogen-bond donors (Lipinski definition) is 2. The molecule has 0 fully saturated rings. The number of benzene rings is 2. The maximum Gasteiger partial charge on any atom is 0.253 e. The van der Waals surface area contributed by atoms with Gasteiger partial charge in [0.2, 0.25) is 0 Å². The zero-order valence-corrected chi connectivity index (χ0v) is 17.8. The van der Waals surface area contributed by atoms with Gasteiger partial charge in [0.15, 0.2) is 0 Å². The predicted molar refractivity (Wildman–Crippen MR) is 121 cm³/mol. The number of halogens is 1. The Labute approximate surface area is 181 Å². The Hall–Kier alpha value is -2.81. The highest BCUT2D eigenvalue weighted by Gasteiger charge is 2.18. The van der Waals surface area contributed by atoms with E-state index in [9.17, 15) is 9.59 Å². The van der Waals surface area contributed by atoms with Gasteiger partial charge in [-0.1, -0.05) is 24.3 Å². The summed E-state index contributed by atoms with van der Waals surface area (Å²) >= 11 is 2.31. The van der Waals surface area contributed by atoms with E-state index in [1.807, 2.05) is 36.5 Å². The van der Waals surface area contributed by atoms with E-state index >= 15 is 0 Å². The van der Waals surface area contributed by atoms with Crippen LogP contribution in [-0.2, 0) is 13.1 Å². The van der Waals surface area contributed by atoms with Crippen LogP contribution < -0.4 is 10.6 Å². The van der Waals surface area contributed by atoms with Crippen molar-refractivity contribution in [3.63, 3.8) is 0 Å². The largest absolute Gasteiger partial charge is 0.350 e. The van der Waals surface area contributed by atoms with Gasteiger partial charge in [-0.3, -0.25) is 9.59 Å². The Morgan fingerprint density at radius 1 is 0.793 bits per heavy atom. The minimum absolute atomic E-state index is 0.0352. The second kappa shape index (κ2) is 7.22. The Bertz CT molecular complexity index is 1270. The molecule has 0 aliphatic carbocycles. The van der Waals surface area contributed by atoms with E-state index in [0.29, 0.717) is 13.1 Å². The predicted octanol–water partition coefficient (Wildman–Crippen LogP) is 3.37. The summed E-state index contributed by atoms with van der Waals surface area (Å²) in [5.41, 5.74) is 3.69. The zero-order chi connectivity index (χ0) is 20.0. The summed E-state index contributed by atoms with van der Waals surface area (Å²) in [4.78, 5) is 23.4. The van der Waals surface area contributed by atoms with Crippen LogP contribution in [0.15, 0.2) is 54.9 Å². The van der Waals surface area contributed by atoms with Gasteiger partial charge in [-0.15, -0.1) is 0 Å². The average molecular weight is 498 g/mol. The highest BCUT2D eigenvalue weighted by Crippen LogP contribution is 2.27. The van der Waals surface area contributed by atoms with Gasteiger partial charge in [-0.25, -0.2) is 0 Å². The summed E-state index contributed by atoms with van der Waals surface area (Å²) in [6.07, 6.45) is 4.14. The second-order valence-corrected chi connectivity index (χ2v) is 8.30. The van der Waals surface area contributed by atoms with Crippen LogP contribution >= 0.6 is 22.6 Å². The van der Waals surface area contributed by atoms with Gasteiger partial charge < -0.3 is 19.8 Å². The van der Waals surface area contributed by atoms with E-state index in [1.165, 1.54) is 8.96 Å². The van der Waals surface area contributed by atoms with Crippen molar-refractivity contribution in [2.24, 2.45) is 0 Å². The molecule has 0 spiro atoms. The lowest BCUT2D eigenvalue weighted by molar-refractivity contribution is 0.0948. The topological polar surface area (TPSA) is 68.1 Å². The first-order chi connectivity index (χ1) is 14.1. The molecule has 2 aliphatic heterocycles. The molecule has 7 heteroatoms. The molecule has 2 aromatic carbocycles. The lowest BCUT2D eigenvalue weighted by Crippen LogP contribution is -2.23. The summed E-state index contributed by atoms with van der Waals surface area (Å²) in [5.74, 6) is 0.0712. The van der Waals surface area contributed by atoms with Crippen LogP contribution in [0.5, 0.6) is 0 Å². The van der Waals surface area contributed by atoms with Crippen LogP contribution in [0.25, 0.3) is 21.8 Å². The number of aromatic nitrogens is 2. The van der Waals surface area contributed by atoms with Gasteiger partial charge in [0.05, 0.1) is 22.2 Å². The molecule has 2 aliphatic rings. The molecule has 0 bridgehead atoms. The van der Waals surface area contributed by atoms with E-state index in [4.69, 9.17) is 0 Å². The van der Waals surface area contributed by atoms with Gasteiger partial charge in [0, 0.05) is 52.9 Å². The van der Waals surface area contributed by atoms with Gasteiger partial charge in [0.1, 0.15) is 0 Å². The van der Waals surface area contributed by atoms with Crippen molar-refractivity contribution in [3.8, 4) is 0 Å². The van der Waals surface area contributed by atoms with E-state index in [0.717, 1.165) is 40.6 Å². The summed E-state index contributed by atoms with van der Waals surface area (Å²) in [5, 5.41) is 8.08. The van der Waals surface area contributed by atoms with Crippen LogP contribution in [-0.4, -0.2) is 34.0 Å². The van der Waals surface area contributed by atoms with E-state index in [1.54, 1.807) is 0 Å². The number of hydrogen-bond acceptors (Lipinski definition) is 2. The van der Waals surface area contributed by atoms with Crippen LogP contribution in [0.2, 0.25) is 0 Å². The minimum atomic E-state index is 0.0352. The van der Waals surface area contributed by atoms with Crippen molar-refractivity contribution in [1.29, 1.82) is 0 Å². The fourth-order valence-corrected chi connectivity index (χ4v) is 4.85. The third kappa shape index (κ3) is 3.09. The molecule has 146 valence electrons. The van der Waals surface area contributed by atoms with Gasteiger partial charge in [-0.2, -0.15) is 0 Å². The molecular weight excluding hydrogens is 479 g/mol. The van der Waals surface area contributed by atoms with Crippen LogP contribution in [0.1, 0.15) is 20.7 Å². The normalized spacial score (nSPS) is 15.2. The molecule has 29 heavy (non-hydrogen) atoms. The van der Waals surface area contributed by atoms with Gasteiger partial charge in [0.25, 0.3) is 11.8 Å². The summed E-state index contributed by atoms with van der Waals surface area (Å²) in [6, 6.07) is 13.8. The lowest BCUT2D eigenvalue weighted by atomic mass is 10.1. The maximum atomic E-state index is 11.8. The highest BCUT2D eigenvalue weighted by molar-refractivity contribution is 14.1. The molecule has 0 unspecified atom stereocenters. The molecule has 6 nitrogen and oxygen atoms in total. The number of amides is 2. The molecule has 4 heterocycles. The number of nitrogens with zero attached hydrogens (tertiary/aromatic N) is 2. The fourth-order valence-electron chi connectivity index (χ4n) is 4.08. The standard InChI is InChI=1S/C11H9IN2O.C11H10N2O/c12-9-6-14-5-4-13-11(15)8-3-1-2-7(9)10(8)14;14-11-9-3-1-2-8-4-6-13(10(8)9)7-5-12-11/h1-3,6H,4-5H2,(H,13,15);1-4,6H,5,7H2,(H,12,14). The molecular formula is C22H19IN4O2. The fraction of sp³-hybridized carbons (Fsp3) is 0.182. The third-order valence-corrected chi connectivity index (χ3v) is 6.26. The van der Waals surface area contributed by atoms with Crippen molar-refractivity contribution in [2.45, 2.75) is 13.1 Å². The number of nitrogens with one attached hydrogen (secondary N) is 2. The zero-order valence-electron chi connectivity index (χ0n) is 15.6. The summed E-state index contributed by atoms with van der Waals surface area (Å²) in [6.45, 7) is 3.11. The van der Waals surface area contributed by atoms with Crippen molar-refractivity contribution in [1.82, 2.24) is 19.8 Å². The summed E-state index contributed by atoms with van der Waals surface area (Å²) in [7, 11) is 0. The first-order valence-electron chi connectivity index (χ1n) is 9.55. The Balaban J connectivity index is 0.000000125. The summed E-state index contributed by atoms with van der Waals surface area (Å²) < 4.78 is 5.49. The Morgan fingerprint density at radius 3 is 2.21 bits per heavy atom. The van der Waals surface area contributed by atoms with Crippen LogP contribution in [0.3, 0.4) is 0 Å². The van der Waals surface area contributed by atoms with Crippen molar-refractivity contribution < 1.29 is 9.59 Å². The van der Waals surface area contributed by atoms with E-state index in [2.05, 4.69) is 60.7 Å². The first kappa shape index (κ1) is 18.2. The lowest BCUT2D eigenvalue weighted by Gasteiger charge is -2.01. The number of para-hydroxylation sites is 2. The van der Waals surface area contributed by atoms with E-state index in [-0.39, 0.29) is 11.8 Å². The number of rotatable bonds is 0. The van der Waals surface area contributed by atoms with Gasteiger partial charge >= 0.3 is 0 Å². The molecule has 0 atom stereocenters. The quantitative estimate of drug-likeness (QED) is 0.365. The molecule has 6 rings (SSSR count).